The third kappa shape index (κ3) is 20.1. The lowest BCUT2D eigenvalue weighted by Gasteiger charge is -2.04. The maximum absolute atomic E-state index is 11.6. The van der Waals surface area contributed by atoms with Crippen LogP contribution in [-0.4, -0.2) is 17.7 Å². The minimum absolute atomic E-state index is 0.254. The number of ether oxygens (including phenoxy) is 1. The van der Waals surface area contributed by atoms with Crippen molar-refractivity contribution < 1.29 is 14.1 Å². The van der Waals surface area contributed by atoms with Gasteiger partial charge in [0.05, 0.1) is 6.61 Å². The SMILES string of the molecule is CCCCCCCCCCCCCCCCCCCCCCCCCCOC(=O)c1ccon1. The number of esters is 1. The van der Waals surface area contributed by atoms with E-state index in [9.17, 15) is 4.79 Å². The molecule has 0 saturated heterocycles. The van der Waals surface area contributed by atoms with Crippen molar-refractivity contribution in [1.29, 1.82) is 0 Å². The van der Waals surface area contributed by atoms with Gasteiger partial charge in [-0.05, 0) is 6.42 Å². The second kappa shape index (κ2) is 24.8. The molecule has 0 aliphatic heterocycles. The predicted molar refractivity (Wildman–Crippen MR) is 143 cm³/mol. The van der Waals surface area contributed by atoms with Gasteiger partial charge in [-0.2, -0.15) is 0 Å². The highest BCUT2D eigenvalue weighted by atomic mass is 16.5. The summed E-state index contributed by atoms with van der Waals surface area (Å²) in [5.74, 6) is -0.386. The molecule has 0 spiro atoms. The largest absolute Gasteiger partial charge is 0.461 e. The maximum atomic E-state index is 11.6. The van der Waals surface area contributed by atoms with Crippen LogP contribution in [0.2, 0.25) is 0 Å². The Morgan fingerprint density at radius 3 is 1.29 bits per heavy atom. The number of carbonyl (C=O) groups excluding carboxylic acids is 1. The molecule has 0 radical (unpaired) electrons. The van der Waals surface area contributed by atoms with Crippen molar-refractivity contribution in [1.82, 2.24) is 5.16 Å². The van der Waals surface area contributed by atoms with Gasteiger partial charge in [0.25, 0.3) is 0 Å². The molecule has 0 aliphatic rings. The molecule has 0 bridgehead atoms. The molecule has 0 saturated carbocycles. The third-order valence-corrected chi connectivity index (χ3v) is 6.88. The highest BCUT2D eigenvalue weighted by molar-refractivity contribution is 5.86. The fourth-order valence-electron chi connectivity index (χ4n) is 4.62. The monoisotopic (exact) mass is 477 g/mol. The summed E-state index contributed by atoms with van der Waals surface area (Å²) < 4.78 is 9.82. The van der Waals surface area contributed by atoms with Crippen molar-refractivity contribution in [2.75, 3.05) is 6.61 Å². The molecule has 1 heterocycles. The zero-order valence-electron chi connectivity index (χ0n) is 22.5. The van der Waals surface area contributed by atoms with Gasteiger partial charge in [0.2, 0.25) is 0 Å². The van der Waals surface area contributed by atoms with E-state index in [-0.39, 0.29) is 11.7 Å². The summed E-state index contributed by atoms with van der Waals surface area (Å²) in [6.45, 7) is 2.77. The first kappa shape index (κ1) is 30.7. The van der Waals surface area contributed by atoms with Crippen LogP contribution in [0.25, 0.3) is 0 Å². The van der Waals surface area contributed by atoms with E-state index < -0.39 is 0 Å². The Bertz CT molecular complexity index is 529. The van der Waals surface area contributed by atoms with E-state index in [1.807, 2.05) is 0 Å². The maximum Gasteiger partial charge on any atom is 0.360 e. The lowest BCUT2D eigenvalue weighted by atomic mass is 10.0. The molecule has 0 aliphatic carbocycles. The summed E-state index contributed by atoms with van der Waals surface area (Å²) in [6.07, 6.45) is 34.7. The van der Waals surface area contributed by atoms with Crippen molar-refractivity contribution in [3.05, 3.63) is 18.0 Å². The molecule has 1 rings (SSSR count). The van der Waals surface area contributed by atoms with E-state index in [4.69, 9.17) is 4.74 Å². The van der Waals surface area contributed by atoms with Gasteiger partial charge in [0, 0.05) is 6.07 Å². The van der Waals surface area contributed by atoms with Crippen molar-refractivity contribution in [3.8, 4) is 0 Å². The average molecular weight is 478 g/mol. The molecule has 0 amide bonds. The second-order valence-corrected chi connectivity index (χ2v) is 10.2. The number of nitrogens with zero attached hydrogens (tertiary/aromatic N) is 1. The van der Waals surface area contributed by atoms with Crippen molar-refractivity contribution in [2.24, 2.45) is 0 Å². The first-order valence-electron chi connectivity index (χ1n) is 14.9. The number of hydrogen-bond donors (Lipinski definition) is 0. The molecule has 34 heavy (non-hydrogen) atoms. The zero-order chi connectivity index (χ0) is 24.4. The molecule has 4 heteroatoms. The minimum atomic E-state index is -0.386. The molecule has 0 N–H and O–H groups in total. The molecule has 0 aromatic carbocycles. The molecule has 0 unspecified atom stereocenters. The van der Waals surface area contributed by atoms with Crippen LogP contribution >= 0.6 is 0 Å². The van der Waals surface area contributed by atoms with Gasteiger partial charge in [-0.1, -0.05) is 160 Å². The highest BCUT2D eigenvalue weighted by Crippen LogP contribution is 2.15. The summed E-state index contributed by atoms with van der Waals surface area (Å²) in [5, 5.41) is 3.58. The number of aromatic nitrogens is 1. The van der Waals surface area contributed by atoms with Crippen molar-refractivity contribution >= 4 is 5.97 Å². The standard InChI is InChI=1S/C30H55NO3/c1-2-3-4-5-6-7-8-9-10-11-12-13-14-15-16-17-18-19-20-21-22-23-24-25-27-33-30(32)29-26-28-34-31-29/h26,28H,2-25,27H2,1H3. The Morgan fingerprint density at radius 1 is 0.618 bits per heavy atom. The van der Waals surface area contributed by atoms with E-state index in [1.165, 1.54) is 154 Å². The summed E-state index contributed by atoms with van der Waals surface area (Å²) >= 11 is 0. The quantitative estimate of drug-likeness (QED) is 0.0983. The smallest absolute Gasteiger partial charge is 0.360 e. The van der Waals surface area contributed by atoms with Crippen LogP contribution in [0.3, 0.4) is 0 Å². The van der Waals surface area contributed by atoms with Gasteiger partial charge >= 0.3 is 5.97 Å². The van der Waals surface area contributed by atoms with Gasteiger partial charge < -0.3 is 9.26 Å². The Balaban J connectivity index is 1.65. The van der Waals surface area contributed by atoms with Crippen LogP contribution in [0.5, 0.6) is 0 Å². The molecule has 0 atom stereocenters. The molecular formula is C30H55NO3. The van der Waals surface area contributed by atoms with E-state index >= 15 is 0 Å². The van der Waals surface area contributed by atoms with E-state index in [2.05, 4.69) is 16.6 Å². The molecule has 198 valence electrons. The first-order chi connectivity index (χ1) is 16.8. The fourth-order valence-corrected chi connectivity index (χ4v) is 4.62. The molecule has 1 aromatic heterocycles. The average Bonchev–Trinajstić information content (AvgIpc) is 3.39. The topological polar surface area (TPSA) is 52.3 Å². The van der Waals surface area contributed by atoms with Crippen molar-refractivity contribution in [2.45, 2.75) is 161 Å². The lowest BCUT2D eigenvalue weighted by Crippen LogP contribution is -2.06. The molecular weight excluding hydrogens is 422 g/mol. The summed E-state index contributed by atoms with van der Waals surface area (Å²) in [7, 11) is 0. The number of rotatable bonds is 26. The Morgan fingerprint density at radius 2 is 0.971 bits per heavy atom. The first-order valence-corrected chi connectivity index (χ1v) is 14.9. The summed E-state index contributed by atoms with van der Waals surface area (Å²) in [4.78, 5) is 11.6. The second-order valence-electron chi connectivity index (χ2n) is 10.2. The van der Waals surface area contributed by atoms with Gasteiger partial charge in [-0.3, -0.25) is 0 Å². The van der Waals surface area contributed by atoms with Gasteiger partial charge in [0.1, 0.15) is 6.26 Å². The van der Waals surface area contributed by atoms with E-state index in [0.717, 1.165) is 12.8 Å². The van der Waals surface area contributed by atoms with Crippen LogP contribution < -0.4 is 0 Å². The van der Waals surface area contributed by atoms with Gasteiger partial charge in [-0.15, -0.1) is 0 Å². The Hall–Kier alpha value is -1.32. The summed E-state index contributed by atoms with van der Waals surface area (Å²) in [6, 6.07) is 1.53. The Labute approximate surface area is 211 Å². The summed E-state index contributed by atoms with van der Waals surface area (Å²) in [5.41, 5.74) is 0.254. The zero-order valence-corrected chi connectivity index (χ0v) is 22.5. The third-order valence-electron chi connectivity index (χ3n) is 6.88. The van der Waals surface area contributed by atoms with E-state index in [0.29, 0.717) is 6.61 Å². The lowest BCUT2D eigenvalue weighted by molar-refractivity contribution is 0.0486. The number of carbonyl (C=O) groups is 1. The normalized spacial score (nSPS) is 11.2. The van der Waals surface area contributed by atoms with Crippen LogP contribution in [-0.2, 0) is 4.74 Å². The van der Waals surface area contributed by atoms with E-state index in [1.54, 1.807) is 0 Å². The minimum Gasteiger partial charge on any atom is -0.461 e. The molecule has 0 fully saturated rings. The van der Waals surface area contributed by atoms with Gasteiger partial charge in [-0.25, -0.2) is 4.79 Å². The highest BCUT2D eigenvalue weighted by Gasteiger charge is 2.09. The van der Waals surface area contributed by atoms with Crippen LogP contribution in [0.1, 0.15) is 172 Å². The van der Waals surface area contributed by atoms with Crippen molar-refractivity contribution in [3.63, 3.8) is 0 Å². The van der Waals surface area contributed by atoms with Crippen LogP contribution in [0, 0.1) is 0 Å². The van der Waals surface area contributed by atoms with Gasteiger partial charge in [0.15, 0.2) is 5.69 Å². The number of unbranched alkanes of at least 4 members (excludes halogenated alkanes) is 23. The Kier molecular flexibility index (Phi) is 22.4. The number of hydrogen-bond acceptors (Lipinski definition) is 4. The fraction of sp³-hybridized carbons (Fsp3) is 0.867. The molecule has 1 aromatic rings. The molecule has 4 nitrogen and oxygen atoms in total. The predicted octanol–water partition coefficient (Wildman–Crippen LogP) is 10.2. The van der Waals surface area contributed by atoms with Crippen LogP contribution in [0.15, 0.2) is 16.9 Å². The van der Waals surface area contributed by atoms with Crippen LogP contribution in [0.4, 0.5) is 0 Å².